The standard InChI is InChI=1S/C16H11ClF3NO4/c17-12-5-1-4-11(16(18,19)20)15(12)21-13(22)9-25-14(23)7-6-10-3-2-8-24-10/h1-8H,9H2,(H,21,22)/b7-6+. The summed E-state index contributed by atoms with van der Waals surface area (Å²) in [6, 6.07) is 6.29. The Morgan fingerprint density at radius 3 is 2.64 bits per heavy atom. The highest BCUT2D eigenvalue weighted by molar-refractivity contribution is 6.34. The summed E-state index contributed by atoms with van der Waals surface area (Å²) in [7, 11) is 0. The molecule has 0 fully saturated rings. The highest BCUT2D eigenvalue weighted by Crippen LogP contribution is 2.38. The van der Waals surface area contributed by atoms with Gasteiger partial charge in [-0.1, -0.05) is 17.7 Å². The van der Waals surface area contributed by atoms with E-state index in [2.05, 4.69) is 4.74 Å². The van der Waals surface area contributed by atoms with Gasteiger partial charge in [0.1, 0.15) is 5.76 Å². The molecule has 0 saturated heterocycles. The van der Waals surface area contributed by atoms with Crippen LogP contribution in [-0.2, 0) is 20.5 Å². The van der Waals surface area contributed by atoms with Crippen molar-refractivity contribution in [3.05, 3.63) is 59.0 Å². The number of ether oxygens (including phenoxy) is 1. The van der Waals surface area contributed by atoms with Crippen LogP contribution in [0, 0.1) is 0 Å². The summed E-state index contributed by atoms with van der Waals surface area (Å²) in [4.78, 5) is 23.2. The number of anilines is 1. The number of halogens is 4. The van der Waals surface area contributed by atoms with E-state index in [4.69, 9.17) is 16.0 Å². The molecule has 132 valence electrons. The third kappa shape index (κ3) is 5.39. The van der Waals surface area contributed by atoms with E-state index in [0.29, 0.717) is 5.76 Å². The second kappa shape index (κ2) is 7.89. The molecular weight excluding hydrogens is 363 g/mol. The molecule has 1 N–H and O–H groups in total. The fraction of sp³-hybridized carbons (Fsp3) is 0.125. The third-order valence-electron chi connectivity index (χ3n) is 2.86. The lowest BCUT2D eigenvalue weighted by atomic mass is 10.1. The van der Waals surface area contributed by atoms with Gasteiger partial charge in [-0.15, -0.1) is 0 Å². The number of furan rings is 1. The van der Waals surface area contributed by atoms with E-state index >= 15 is 0 Å². The van der Waals surface area contributed by atoms with E-state index in [9.17, 15) is 22.8 Å². The monoisotopic (exact) mass is 373 g/mol. The van der Waals surface area contributed by atoms with Crippen LogP contribution in [0.5, 0.6) is 0 Å². The third-order valence-corrected chi connectivity index (χ3v) is 3.17. The van der Waals surface area contributed by atoms with Crippen LogP contribution in [0.4, 0.5) is 18.9 Å². The summed E-state index contributed by atoms with van der Waals surface area (Å²) in [6.07, 6.45) is -0.963. The van der Waals surface area contributed by atoms with Gasteiger partial charge in [-0.2, -0.15) is 13.2 Å². The molecule has 9 heteroatoms. The molecule has 1 heterocycles. The van der Waals surface area contributed by atoms with Crippen molar-refractivity contribution in [3.63, 3.8) is 0 Å². The normalized spacial score (nSPS) is 11.5. The topological polar surface area (TPSA) is 68.5 Å². The molecule has 0 aliphatic carbocycles. The van der Waals surface area contributed by atoms with Crippen molar-refractivity contribution < 1.29 is 31.9 Å². The van der Waals surface area contributed by atoms with Gasteiger partial charge in [-0.3, -0.25) is 4.79 Å². The number of nitrogens with one attached hydrogen (secondary N) is 1. The summed E-state index contributed by atoms with van der Waals surface area (Å²) in [5.74, 6) is -1.42. The molecule has 0 aliphatic rings. The van der Waals surface area contributed by atoms with Gasteiger partial charge in [0.2, 0.25) is 0 Å². The minimum Gasteiger partial charge on any atom is -0.465 e. The van der Waals surface area contributed by atoms with Crippen LogP contribution < -0.4 is 5.32 Å². The zero-order chi connectivity index (χ0) is 18.4. The Kier molecular flexibility index (Phi) is 5.87. The first-order valence-corrected chi connectivity index (χ1v) is 7.19. The van der Waals surface area contributed by atoms with Gasteiger partial charge in [-0.05, 0) is 30.3 Å². The first kappa shape index (κ1) is 18.6. The maximum Gasteiger partial charge on any atom is 0.418 e. The molecular formula is C16H11ClF3NO4. The minimum absolute atomic E-state index is 0.285. The molecule has 0 atom stereocenters. The van der Waals surface area contributed by atoms with Gasteiger partial charge in [0, 0.05) is 6.08 Å². The second-order valence-corrected chi connectivity index (χ2v) is 5.07. The SMILES string of the molecule is O=C(COC(=O)/C=C/c1ccco1)Nc1c(Cl)cccc1C(F)(F)F. The first-order chi connectivity index (χ1) is 11.8. The predicted octanol–water partition coefficient (Wildman–Crippen LogP) is 4.15. The molecule has 2 aromatic rings. The van der Waals surface area contributed by atoms with Crippen molar-refractivity contribution in [1.82, 2.24) is 0 Å². The molecule has 0 bridgehead atoms. The predicted molar refractivity (Wildman–Crippen MR) is 83.8 cm³/mol. The summed E-state index contributed by atoms with van der Waals surface area (Å²) in [5, 5.41) is 1.71. The van der Waals surface area contributed by atoms with E-state index in [0.717, 1.165) is 18.2 Å². The van der Waals surface area contributed by atoms with Crippen molar-refractivity contribution in [2.45, 2.75) is 6.18 Å². The Morgan fingerprint density at radius 1 is 1.24 bits per heavy atom. The van der Waals surface area contributed by atoms with Crippen LogP contribution in [0.15, 0.2) is 47.1 Å². The van der Waals surface area contributed by atoms with Crippen molar-refractivity contribution in [1.29, 1.82) is 0 Å². The number of carbonyl (C=O) groups is 2. The Labute approximate surface area is 145 Å². The van der Waals surface area contributed by atoms with Crippen LogP contribution in [-0.4, -0.2) is 18.5 Å². The Hall–Kier alpha value is -2.74. The molecule has 1 aromatic heterocycles. The van der Waals surface area contributed by atoms with Crippen molar-refractivity contribution in [3.8, 4) is 0 Å². The fourth-order valence-electron chi connectivity index (χ4n) is 1.78. The number of hydrogen-bond donors (Lipinski definition) is 1. The molecule has 5 nitrogen and oxygen atoms in total. The van der Waals surface area contributed by atoms with Crippen molar-refractivity contribution >= 4 is 35.2 Å². The fourth-order valence-corrected chi connectivity index (χ4v) is 2.01. The lowest BCUT2D eigenvalue weighted by Crippen LogP contribution is -2.22. The molecule has 0 radical (unpaired) electrons. The molecule has 0 unspecified atom stereocenters. The quantitative estimate of drug-likeness (QED) is 0.631. The van der Waals surface area contributed by atoms with E-state index in [-0.39, 0.29) is 5.02 Å². The second-order valence-electron chi connectivity index (χ2n) is 4.66. The number of hydrogen-bond acceptors (Lipinski definition) is 4. The van der Waals surface area contributed by atoms with Crippen LogP contribution in [0.1, 0.15) is 11.3 Å². The van der Waals surface area contributed by atoms with Crippen molar-refractivity contribution in [2.24, 2.45) is 0 Å². The van der Waals surface area contributed by atoms with Gasteiger partial charge < -0.3 is 14.5 Å². The molecule has 1 amide bonds. The van der Waals surface area contributed by atoms with E-state index in [1.54, 1.807) is 12.1 Å². The number of esters is 1. The smallest absolute Gasteiger partial charge is 0.418 e. The van der Waals surface area contributed by atoms with Gasteiger partial charge >= 0.3 is 12.1 Å². The zero-order valence-corrected chi connectivity index (χ0v) is 13.2. The average molecular weight is 374 g/mol. The Bertz CT molecular complexity index is 785. The number of alkyl halides is 3. The minimum atomic E-state index is -4.70. The number of rotatable bonds is 5. The number of benzene rings is 1. The highest BCUT2D eigenvalue weighted by atomic mass is 35.5. The van der Waals surface area contributed by atoms with E-state index < -0.39 is 35.9 Å². The molecule has 25 heavy (non-hydrogen) atoms. The number of amides is 1. The van der Waals surface area contributed by atoms with Crippen LogP contribution in [0.25, 0.3) is 6.08 Å². The summed E-state index contributed by atoms with van der Waals surface area (Å²) >= 11 is 5.70. The van der Waals surface area contributed by atoms with Crippen LogP contribution >= 0.6 is 11.6 Å². The lowest BCUT2D eigenvalue weighted by molar-refractivity contribution is -0.142. The summed E-state index contributed by atoms with van der Waals surface area (Å²) in [5.41, 5.74) is -1.69. The van der Waals surface area contributed by atoms with Gasteiger partial charge in [0.05, 0.1) is 22.5 Å². The van der Waals surface area contributed by atoms with Gasteiger partial charge in [0.15, 0.2) is 6.61 Å². The van der Waals surface area contributed by atoms with Crippen molar-refractivity contribution in [2.75, 3.05) is 11.9 Å². The lowest BCUT2D eigenvalue weighted by Gasteiger charge is -2.15. The van der Waals surface area contributed by atoms with E-state index in [1.807, 2.05) is 5.32 Å². The molecule has 1 aromatic carbocycles. The molecule has 2 rings (SSSR count). The number of carbonyl (C=O) groups excluding carboxylic acids is 2. The molecule has 0 saturated carbocycles. The Balaban J connectivity index is 1.96. The number of para-hydroxylation sites is 1. The maximum absolute atomic E-state index is 12.9. The van der Waals surface area contributed by atoms with E-state index in [1.165, 1.54) is 18.4 Å². The zero-order valence-electron chi connectivity index (χ0n) is 12.5. The van der Waals surface area contributed by atoms with Crippen LogP contribution in [0.2, 0.25) is 5.02 Å². The highest BCUT2D eigenvalue weighted by Gasteiger charge is 2.34. The van der Waals surface area contributed by atoms with Gasteiger partial charge in [0.25, 0.3) is 5.91 Å². The largest absolute Gasteiger partial charge is 0.465 e. The van der Waals surface area contributed by atoms with Crippen LogP contribution in [0.3, 0.4) is 0 Å². The maximum atomic E-state index is 12.9. The molecule has 0 spiro atoms. The van der Waals surface area contributed by atoms with Gasteiger partial charge in [-0.25, -0.2) is 4.79 Å². The average Bonchev–Trinajstić information content (AvgIpc) is 3.05. The summed E-state index contributed by atoms with van der Waals surface area (Å²) in [6.45, 7) is -0.774. The first-order valence-electron chi connectivity index (χ1n) is 6.81. The Morgan fingerprint density at radius 2 is 2.00 bits per heavy atom. The molecule has 0 aliphatic heterocycles. The summed E-state index contributed by atoms with van der Waals surface area (Å²) < 4.78 is 48.3.